The number of aromatic nitrogens is 2. The van der Waals surface area contributed by atoms with Gasteiger partial charge in [0.1, 0.15) is 28.7 Å². The molecule has 0 unspecified atom stereocenters. The molecule has 7 rings (SSSR count). The minimum Gasteiger partial charge on any atom is -0.508 e. The molecular weight excluding hydrogens is 629 g/mol. The molecule has 0 aliphatic carbocycles. The Morgan fingerprint density at radius 2 is 1.90 bits per heavy atom. The van der Waals surface area contributed by atoms with E-state index in [1.807, 2.05) is 4.90 Å². The van der Waals surface area contributed by atoms with Crippen molar-refractivity contribution in [1.29, 1.82) is 0 Å². The number of phenols is 1. The number of nitrogens with zero attached hydrogens (tertiary/aromatic N) is 4. The van der Waals surface area contributed by atoms with Gasteiger partial charge in [0.2, 0.25) is 6.43 Å². The molecule has 0 radical (unpaired) electrons. The van der Waals surface area contributed by atoms with E-state index in [-0.39, 0.29) is 95.0 Å². The zero-order chi connectivity index (χ0) is 36.4. The molecule has 0 spiro atoms. The number of terminal acetylenes is 1. The second-order valence-electron chi connectivity index (χ2n) is 13.1. The largest absolute Gasteiger partial charge is 0.508 e. The van der Waals surface area contributed by atoms with Crippen LogP contribution in [0.1, 0.15) is 42.3 Å². The molecule has 7 nitrogen and oxygen atoms in total. The number of likely N-dealkylation sites (tertiary alicyclic amines) is 1. The van der Waals surface area contributed by atoms with Crippen LogP contribution in [-0.4, -0.2) is 78.2 Å². The summed E-state index contributed by atoms with van der Waals surface area (Å²) in [5, 5.41) is 14.3. The lowest BCUT2D eigenvalue weighted by atomic mass is 9.69. The van der Waals surface area contributed by atoms with Crippen LogP contribution in [0.5, 0.6) is 11.8 Å². The van der Waals surface area contributed by atoms with Gasteiger partial charge in [0.05, 0.1) is 17.7 Å². The summed E-state index contributed by atoms with van der Waals surface area (Å²) in [6.07, 6.45) is 4.74. The maximum Gasteiger partial charge on any atom is 0.319 e. The van der Waals surface area contributed by atoms with Gasteiger partial charge in [0, 0.05) is 63.5 Å². The Balaban J connectivity index is 1.39. The van der Waals surface area contributed by atoms with Crippen molar-refractivity contribution < 1.29 is 35.9 Å². The highest BCUT2D eigenvalue weighted by molar-refractivity contribution is 6.04. The number of hydrogen-bond donors (Lipinski definition) is 2. The van der Waals surface area contributed by atoms with Crippen LogP contribution in [0.2, 0.25) is 0 Å². The maximum atomic E-state index is 17.0. The minimum absolute atomic E-state index is 0.0101. The molecule has 1 aromatic heterocycles. The molecule has 3 aromatic carbocycles. The first kappa shape index (κ1) is 28.8. The summed E-state index contributed by atoms with van der Waals surface area (Å²) in [5.41, 5.74) is -2.73. The summed E-state index contributed by atoms with van der Waals surface area (Å²) in [7, 11) is 0. The third-order valence-electron chi connectivity index (χ3n) is 10.3. The van der Waals surface area contributed by atoms with Crippen LogP contribution < -0.4 is 15.0 Å². The minimum atomic E-state index is -2.76. The number of rotatable bonds is 7. The number of ether oxygens (including phenoxy) is 1. The zero-order valence-corrected chi connectivity index (χ0v) is 26.2. The summed E-state index contributed by atoms with van der Waals surface area (Å²) in [6, 6.07) is 5.76. The first-order valence-corrected chi connectivity index (χ1v) is 16.0. The molecule has 2 N–H and O–H groups in total. The van der Waals surface area contributed by atoms with Crippen molar-refractivity contribution >= 4 is 27.5 Å². The summed E-state index contributed by atoms with van der Waals surface area (Å²) < 4.78 is 107. The van der Waals surface area contributed by atoms with E-state index >= 15 is 8.78 Å². The zero-order valence-electron chi connectivity index (χ0n) is 29.2. The Hall–Kier alpha value is -4.21. The number of aromatic hydroxyl groups is 1. The lowest BCUT2D eigenvalue weighted by Crippen LogP contribution is -2.52. The van der Waals surface area contributed by atoms with E-state index < -0.39 is 47.7 Å². The van der Waals surface area contributed by atoms with Gasteiger partial charge in [0.15, 0.2) is 5.82 Å². The second kappa shape index (κ2) is 12.3. The standard InChI is InChI=1S/C36H36F5N5O2/c1-4-23-27(37)9-6-19-12-22(47)13-24(29(19)23)30-28(38)14-25-32(31(30)39)43-35(44-34(25)46-15-20-7-8-21(16-46)42-20)48-18-36(5-2)17-45(3)11-10-26(36)33(40)41/h1,6,9,12-14,20-21,26,33,42,47H,5,7-8,10-11,15-18H2,2-3H3/t20-,21+,26-,36+/m1/s1/i3D3. The smallest absolute Gasteiger partial charge is 0.319 e. The van der Waals surface area contributed by atoms with E-state index in [1.54, 1.807) is 6.92 Å². The van der Waals surface area contributed by atoms with Gasteiger partial charge >= 0.3 is 6.01 Å². The van der Waals surface area contributed by atoms with Crippen molar-refractivity contribution in [2.75, 3.05) is 44.7 Å². The molecule has 0 saturated carbocycles. The van der Waals surface area contributed by atoms with E-state index in [0.29, 0.717) is 13.1 Å². The molecule has 3 aliphatic rings. The van der Waals surface area contributed by atoms with E-state index in [4.69, 9.17) is 15.3 Å². The maximum absolute atomic E-state index is 17.0. The quantitative estimate of drug-likeness (QED) is 0.172. The first-order valence-electron chi connectivity index (χ1n) is 17.5. The Kier molecular flexibility index (Phi) is 7.40. The molecule has 4 heterocycles. The van der Waals surface area contributed by atoms with E-state index in [0.717, 1.165) is 31.0 Å². The lowest BCUT2D eigenvalue weighted by Gasteiger charge is -2.46. The predicted octanol–water partition coefficient (Wildman–Crippen LogP) is 6.49. The SMILES string of the molecule is [2H]C([2H])([2H])N1CC[C@H](C(F)F)[C@](CC)(COc2nc(N3C[C@H]4CC[C@@H](C3)N4)c3cc(F)c(-c4cc(O)cc5ccc(F)c(C#C)c45)c(F)c3n2)C1. The number of hydrogen-bond acceptors (Lipinski definition) is 7. The number of nitrogens with one attached hydrogen (secondary N) is 1. The number of benzene rings is 3. The van der Waals surface area contributed by atoms with Gasteiger partial charge in [0.25, 0.3) is 0 Å². The fourth-order valence-electron chi connectivity index (χ4n) is 7.85. The molecule has 48 heavy (non-hydrogen) atoms. The Labute approximate surface area is 279 Å². The molecule has 4 aromatic rings. The van der Waals surface area contributed by atoms with Gasteiger partial charge < -0.3 is 25.0 Å². The van der Waals surface area contributed by atoms with Gasteiger partial charge in [-0.2, -0.15) is 9.97 Å². The predicted molar refractivity (Wildman–Crippen MR) is 174 cm³/mol. The monoisotopic (exact) mass is 668 g/mol. The van der Waals surface area contributed by atoms with Crippen LogP contribution in [0.4, 0.5) is 27.8 Å². The number of piperidine rings is 1. The number of halogens is 5. The van der Waals surface area contributed by atoms with Gasteiger partial charge in [-0.05, 0) is 68.9 Å². The van der Waals surface area contributed by atoms with Crippen molar-refractivity contribution in [2.24, 2.45) is 11.3 Å². The van der Waals surface area contributed by atoms with Crippen LogP contribution in [0.3, 0.4) is 0 Å². The van der Waals surface area contributed by atoms with Gasteiger partial charge in [-0.25, -0.2) is 22.0 Å². The van der Waals surface area contributed by atoms with Gasteiger partial charge in [-0.3, -0.25) is 0 Å². The van der Waals surface area contributed by atoms with Crippen LogP contribution in [0, 0.1) is 41.1 Å². The Morgan fingerprint density at radius 1 is 1.12 bits per heavy atom. The molecule has 12 heteroatoms. The Morgan fingerprint density at radius 3 is 2.58 bits per heavy atom. The number of piperazine rings is 1. The fraction of sp³-hybridized carbons (Fsp3) is 0.444. The van der Waals surface area contributed by atoms with Crippen molar-refractivity contribution in [1.82, 2.24) is 20.2 Å². The normalized spacial score (nSPS) is 25.7. The van der Waals surface area contributed by atoms with Crippen molar-refractivity contribution in [2.45, 2.75) is 51.1 Å². The first-order chi connectivity index (χ1) is 24.2. The van der Waals surface area contributed by atoms with Crippen LogP contribution in [0.15, 0.2) is 30.3 Å². The highest BCUT2D eigenvalue weighted by Crippen LogP contribution is 2.44. The van der Waals surface area contributed by atoms with E-state index in [1.165, 1.54) is 17.0 Å². The van der Waals surface area contributed by atoms with E-state index in [2.05, 4.69) is 21.2 Å². The van der Waals surface area contributed by atoms with E-state index in [9.17, 15) is 18.3 Å². The average Bonchev–Trinajstić information content (AvgIpc) is 3.43. The molecule has 2 bridgehead atoms. The van der Waals surface area contributed by atoms with Gasteiger partial charge in [-0.1, -0.05) is 18.9 Å². The molecule has 3 fully saturated rings. The molecule has 0 amide bonds. The summed E-state index contributed by atoms with van der Waals surface area (Å²) >= 11 is 0. The number of fused-ring (bicyclic) bond motifs is 4. The molecule has 3 saturated heterocycles. The molecule has 4 atom stereocenters. The molecular formula is C36H36F5N5O2. The van der Waals surface area contributed by atoms with Crippen LogP contribution >= 0.6 is 0 Å². The van der Waals surface area contributed by atoms with Crippen LogP contribution in [-0.2, 0) is 0 Å². The molecule has 3 aliphatic heterocycles. The fourth-order valence-corrected chi connectivity index (χ4v) is 7.85. The summed E-state index contributed by atoms with van der Waals surface area (Å²) in [4.78, 5) is 12.0. The second-order valence-corrected chi connectivity index (χ2v) is 13.1. The Bertz CT molecular complexity index is 2050. The lowest BCUT2D eigenvalue weighted by molar-refractivity contribution is -0.0798. The number of phenolic OH excluding ortho intramolecular Hbond substituents is 1. The third-order valence-corrected chi connectivity index (χ3v) is 10.3. The van der Waals surface area contributed by atoms with Gasteiger partial charge in [-0.15, -0.1) is 6.42 Å². The number of alkyl halides is 2. The van der Waals surface area contributed by atoms with Crippen molar-refractivity contribution in [3.8, 4) is 35.2 Å². The highest BCUT2D eigenvalue weighted by atomic mass is 19.3. The number of anilines is 1. The molecule has 252 valence electrons. The topological polar surface area (TPSA) is 73.8 Å². The average molecular weight is 669 g/mol. The van der Waals surface area contributed by atoms with Crippen molar-refractivity contribution in [3.63, 3.8) is 0 Å². The third kappa shape index (κ3) is 5.47. The summed E-state index contributed by atoms with van der Waals surface area (Å²) in [5.74, 6) is -2.08. The summed E-state index contributed by atoms with van der Waals surface area (Å²) in [6.45, 7) is -0.511. The highest BCUT2D eigenvalue weighted by Gasteiger charge is 2.47. The van der Waals surface area contributed by atoms with Crippen molar-refractivity contribution in [3.05, 3.63) is 53.3 Å². The van der Waals surface area contributed by atoms with Crippen LogP contribution in [0.25, 0.3) is 32.8 Å².